The fraction of sp³-hybridized carbons (Fsp3) is 0.818. The number of nitriles is 1. The lowest BCUT2D eigenvalue weighted by molar-refractivity contribution is -0.137. The number of carbonyl (C=O) groups is 1. The van der Waals surface area contributed by atoms with E-state index in [4.69, 9.17) is 5.26 Å². The Morgan fingerprint density at radius 1 is 1.67 bits per heavy atom. The molecule has 0 radical (unpaired) electrons. The quantitative estimate of drug-likeness (QED) is 0.751. The van der Waals surface area contributed by atoms with Gasteiger partial charge in [-0.1, -0.05) is 6.92 Å². The molecular formula is C11H19N3O. The van der Waals surface area contributed by atoms with Crippen LogP contribution in [0.15, 0.2) is 0 Å². The van der Waals surface area contributed by atoms with Crippen molar-refractivity contribution in [2.45, 2.75) is 45.2 Å². The van der Waals surface area contributed by atoms with Crippen LogP contribution in [-0.4, -0.2) is 35.5 Å². The van der Waals surface area contributed by atoms with Crippen LogP contribution in [0.2, 0.25) is 0 Å². The summed E-state index contributed by atoms with van der Waals surface area (Å²) < 4.78 is 0. The Labute approximate surface area is 91.2 Å². The Bertz CT molecular complexity index is 280. The molecule has 4 nitrogen and oxygen atoms in total. The first-order chi connectivity index (χ1) is 7.04. The van der Waals surface area contributed by atoms with Crippen LogP contribution in [0.1, 0.15) is 33.6 Å². The highest BCUT2D eigenvalue weighted by atomic mass is 16.2. The Balaban J connectivity index is 2.82. The highest BCUT2D eigenvalue weighted by Gasteiger charge is 2.40. The molecule has 0 spiro atoms. The maximum Gasteiger partial charge on any atom is 0.240 e. The van der Waals surface area contributed by atoms with Crippen molar-refractivity contribution in [3.05, 3.63) is 0 Å². The second kappa shape index (κ2) is 4.63. The van der Waals surface area contributed by atoms with Gasteiger partial charge in [0, 0.05) is 19.1 Å². The van der Waals surface area contributed by atoms with E-state index in [0.29, 0.717) is 13.0 Å². The van der Waals surface area contributed by atoms with Gasteiger partial charge in [-0.15, -0.1) is 0 Å². The topological polar surface area (TPSA) is 56.1 Å². The van der Waals surface area contributed by atoms with E-state index in [0.717, 1.165) is 13.0 Å². The predicted molar refractivity (Wildman–Crippen MR) is 58.1 cm³/mol. The molecule has 1 atom stereocenters. The van der Waals surface area contributed by atoms with Crippen LogP contribution in [0.4, 0.5) is 0 Å². The van der Waals surface area contributed by atoms with Crippen molar-refractivity contribution in [3.63, 3.8) is 0 Å². The molecule has 0 aromatic heterocycles. The van der Waals surface area contributed by atoms with Gasteiger partial charge in [0.2, 0.25) is 5.91 Å². The standard InChI is InChI=1S/C11H19N3O/c1-4-9(5-6-12)14-8-7-13-10(15)11(14,2)3/h9H,4-5,7-8H2,1-3H3,(H,13,15). The maximum absolute atomic E-state index is 11.7. The molecule has 84 valence electrons. The number of carbonyl (C=O) groups excluding carboxylic acids is 1. The number of hydrogen-bond acceptors (Lipinski definition) is 3. The highest BCUT2D eigenvalue weighted by molar-refractivity contribution is 5.86. The summed E-state index contributed by atoms with van der Waals surface area (Å²) in [6.45, 7) is 7.41. The minimum atomic E-state index is -0.490. The molecule has 1 rings (SSSR count). The van der Waals surface area contributed by atoms with Crippen LogP contribution >= 0.6 is 0 Å². The summed E-state index contributed by atoms with van der Waals surface area (Å²) in [5.41, 5.74) is -0.490. The fourth-order valence-corrected chi connectivity index (χ4v) is 2.14. The lowest BCUT2D eigenvalue weighted by atomic mass is 9.94. The smallest absolute Gasteiger partial charge is 0.240 e. The molecule has 1 saturated heterocycles. The number of nitrogens with one attached hydrogen (secondary N) is 1. The minimum Gasteiger partial charge on any atom is -0.353 e. The van der Waals surface area contributed by atoms with Crippen molar-refractivity contribution in [2.24, 2.45) is 0 Å². The zero-order valence-electron chi connectivity index (χ0n) is 9.71. The van der Waals surface area contributed by atoms with E-state index in [1.165, 1.54) is 0 Å². The van der Waals surface area contributed by atoms with E-state index in [-0.39, 0.29) is 11.9 Å². The average Bonchev–Trinajstić information content (AvgIpc) is 2.19. The molecule has 0 aromatic carbocycles. The van der Waals surface area contributed by atoms with Crippen LogP contribution in [0.3, 0.4) is 0 Å². The van der Waals surface area contributed by atoms with Gasteiger partial charge in [0.1, 0.15) is 0 Å². The van der Waals surface area contributed by atoms with Gasteiger partial charge in [-0.05, 0) is 20.3 Å². The molecule has 0 saturated carbocycles. The first-order valence-corrected chi connectivity index (χ1v) is 5.46. The van der Waals surface area contributed by atoms with Crippen molar-refractivity contribution in [1.82, 2.24) is 10.2 Å². The number of piperazine rings is 1. The first-order valence-electron chi connectivity index (χ1n) is 5.46. The van der Waals surface area contributed by atoms with Gasteiger partial charge >= 0.3 is 0 Å². The SMILES string of the molecule is CCC(CC#N)N1CCNC(=O)C1(C)C. The van der Waals surface area contributed by atoms with E-state index in [2.05, 4.69) is 23.2 Å². The largest absolute Gasteiger partial charge is 0.353 e. The van der Waals surface area contributed by atoms with E-state index in [9.17, 15) is 4.79 Å². The third-order valence-electron chi connectivity index (χ3n) is 3.15. The lowest BCUT2D eigenvalue weighted by Gasteiger charge is -2.45. The highest BCUT2D eigenvalue weighted by Crippen LogP contribution is 2.23. The monoisotopic (exact) mass is 209 g/mol. The third kappa shape index (κ3) is 2.29. The summed E-state index contributed by atoms with van der Waals surface area (Å²) in [5, 5.41) is 11.6. The Morgan fingerprint density at radius 2 is 2.33 bits per heavy atom. The minimum absolute atomic E-state index is 0.0603. The molecule has 0 bridgehead atoms. The summed E-state index contributed by atoms with van der Waals surface area (Å²) in [5.74, 6) is 0.0603. The van der Waals surface area contributed by atoms with Crippen LogP contribution in [0.5, 0.6) is 0 Å². The Hall–Kier alpha value is -1.08. The van der Waals surface area contributed by atoms with Crippen LogP contribution in [-0.2, 0) is 4.79 Å². The molecule has 0 aliphatic carbocycles. The number of amides is 1. The summed E-state index contributed by atoms with van der Waals surface area (Å²) in [6.07, 6.45) is 1.40. The van der Waals surface area contributed by atoms with Crippen molar-refractivity contribution in [2.75, 3.05) is 13.1 Å². The summed E-state index contributed by atoms with van der Waals surface area (Å²) >= 11 is 0. The van der Waals surface area contributed by atoms with Gasteiger partial charge in [-0.3, -0.25) is 9.69 Å². The van der Waals surface area contributed by atoms with Gasteiger partial charge in [-0.2, -0.15) is 5.26 Å². The molecule has 1 unspecified atom stereocenters. The van der Waals surface area contributed by atoms with Crippen LogP contribution < -0.4 is 5.32 Å². The van der Waals surface area contributed by atoms with Crippen molar-refractivity contribution < 1.29 is 4.79 Å². The zero-order valence-corrected chi connectivity index (χ0v) is 9.71. The molecule has 1 fully saturated rings. The molecule has 15 heavy (non-hydrogen) atoms. The van der Waals surface area contributed by atoms with Crippen LogP contribution in [0.25, 0.3) is 0 Å². The van der Waals surface area contributed by atoms with Gasteiger partial charge in [0.25, 0.3) is 0 Å². The van der Waals surface area contributed by atoms with Gasteiger partial charge in [-0.25, -0.2) is 0 Å². The molecule has 1 heterocycles. The van der Waals surface area contributed by atoms with E-state index in [1.807, 2.05) is 13.8 Å². The van der Waals surface area contributed by atoms with Crippen molar-refractivity contribution >= 4 is 5.91 Å². The third-order valence-corrected chi connectivity index (χ3v) is 3.15. The fourth-order valence-electron chi connectivity index (χ4n) is 2.14. The zero-order chi connectivity index (χ0) is 11.5. The molecule has 1 aliphatic rings. The summed E-state index contributed by atoms with van der Waals surface area (Å²) in [6, 6.07) is 2.39. The normalized spacial score (nSPS) is 22.9. The predicted octanol–water partition coefficient (Wildman–Crippen LogP) is 0.889. The second-order valence-electron chi connectivity index (χ2n) is 4.43. The maximum atomic E-state index is 11.7. The molecular weight excluding hydrogens is 190 g/mol. The first kappa shape index (κ1) is 12.0. The molecule has 1 aliphatic heterocycles. The Kier molecular flexibility index (Phi) is 3.70. The number of hydrogen-bond donors (Lipinski definition) is 1. The molecule has 1 amide bonds. The van der Waals surface area contributed by atoms with Gasteiger partial charge in [0.05, 0.1) is 18.0 Å². The van der Waals surface area contributed by atoms with E-state index >= 15 is 0 Å². The molecule has 1 N–H and O–H groups in total. The summed E-state index contributed by atoms with van der Waals surface area (Å²) in [4.78, 5) is 13.9. The molecule has 0 aromatic rings. The lowest BCUT2D eigenvalue weighted by Crippen LogP contribution is -2.64. The Morgan fingerprint density at radius 3 is 2.87 bits per heavy atom. The van der Waals surface area contributed by atoms with Gasteiger partial charge < -0.3 is 5.32 Å². The van der Waals surface area contributed by atoms with E-state index in [1.54, 1.807) is 0 Å². The number of rotatable bonds is 3. The number of nitrogens with zero attached hydrogens (tertiary/aromatic N) is 2. The van der Waals surface area contributed by atoms with Gasteiger partial charge in [0.15, 0.2) is 0 Å². The van der Waals surface area contributed by atoms with Crippen LogP contribution in [0, 0.1) is 11.3 Å². The second-order valence-corrected chi connectivity index (χ2v) is 4.43. The van der Waals surface area contributed by atoms with E-state index < -0.39 is 5.54 Å². The van der Waals surface area contributed by atoms with Crippen molar-refractivity contribution in [1.29, 1.82) is 5.26 Å². The van der Waals surface area contributed by atoms with Crippen molar-refractivity contribution in [3.8, 4) is 6.07 Å². The molecule has 4 heteroatoms. The average molecular weight is 209 g/mol. The summed E-state index contributed by atoms with van der Waals surface area (Å²) in [7, 11) is 0.